The number of aryl methyl sites for hydroxylation is 1. The quantitative estimate of drug-likeness (QED) is 0.893. The first kappa shape index (κ1) is 14.1. The molecule has 2 fully saturated rings. The summed E-state index contributed by atoms with van der Waals surface area (Å²) in [5, 5.41) is 9.46. The molecule has 1 aromatic carbocycles. The Balaban J connectivity index is 1.84. The van der Waals surface area contributed by atoms with Crippen LogP contribution in [-0.2, 0) is 11.2 Å². The molecular formula is C17H21NO3. The number of carboxylic acid groups (broad SMARTS) is 1. The van der Waals surface area contributed by atoms with Gasteiger partial charge in [-0.05, 0) is 68.1 Å². The number of nitrogens with two attached hydrogens (primary N) is 1. The lowest BCUT2D eigenvalue weighted by atomic mass is 9.78. The summed E-state index contributed by atoms with van der Waals surface area (Å²) >= 11 is 0. The van der Waals surface area contributed by atoms with Gasteiger partial charge in [-0.25, -0.2) is 0 Å². The average molecular weight is 287 g/mol. The number of amides is 1. The minimum absolute atomic E-state index is 0.0998. The smallest absolute Gasteiger partial charge is 0.309 e. The van der Waals surface area contributed by atoms with Crippen molar-refractivity contribution < 1.29 is 14.7 Å². The summed E-state index contributed by atoms with van der Waals surface area (Å²) in [6, 6.07) is 5.85. The van der Waals surface area contributed by atoms with E-state index in [9.17, 15) is 14.7 Å². The summed E-state index contributed by atoms with van der Waals surface area (Å²) in [6.07, 6.45) is 5.14. The van der Waals surface area contributed by atoms with Crippen LogP contribution in [0.3, 0.4) is 0 Å². The summed E-state index contributed by atoms with van der Waals surface area (Å²) in [5.74, 6) is -1.03. The number of aliphatic carboxylic acids is 1. The van der Waals surface area contributed by atoms with Gasteiger partial charge in [0, 0.05) is 5.56 Å². The van der Waals surface area contributed by atoms with Crippen molar-refractivity contribution in [2.24, 2.45) is 16.6 Å². The number of rotatable bonds is 4. The van der Waals surface area contributed by atoms with Crippen molar-refractivity contribution in [3.8, 4) is 0 Å². The second-order valence-corrected chi connectivity index (χ2v) is 6.95. The summed E-state index contributed by atoms with van der Waals surface area (Å²) in [7, 11) is 0. The lowest BCUT2D eigenvalue weighted by molar-refractivity contribution is -0.148. The highest BCUT2D eigenvalue weighted by atomic mass is 16.4. The zero-order chi connectivity index (χ0) is 15.3. The molecule has 4 heteroatoms. The Kier molecular flexibility index (Phi) is 3.08. The van der Waals surface area contributed by atoms with Crippen LogP contribution < -0.4 is 5.73 Å². The first-order valence-electron chi connectivity index (χ1n) is 7.49. The molecule has 112 valence electrons. The van der Waals surface area contributed by atoms with Crippen molar-refractivity contribution in [1.82, 2.24) is 0 Å². The monoisotopic (exact) mass is 287 g/mol. The van der Waals surface area contributed by atoms with E-state index in [0.717, 1.165) is 49.7 Å². The van der Waals surface area contributed by atoms with Crippen molar-refractivity contribution in [2.45, 2.75) is 45.4 Å². The van der Waals surface area contributed by atoms with E-state index in [1.807, 2.05) is 25.1 Å². The number of fused-ring (bicyclic) bond motifs is 2. The second kappa shape index (κ2) is 4.58. The maximum absolute atomic E-state index is 11.5. The zero-order valence-corrected chi connectivity index (χ0v) is 12.3. The van der Waals surface area contributed by atoms with Crippen LogP contribution in [0.1, 0.15) is 53.6 Å². The average Bonchev–Trinajstić information content (AvgIpc) is 2.98. The van der Waals surface area contributed by atoms with Crippen LogP contribution in [0.5, 0.6) is 0 Å². The maximum Gasteiger partial charge on any atom is 0.309 e. The van der Waals surface area contributed by atoms with Gasteiger partial charge in [0.2, 0.25) is 5.91 Å². The Labute approximate surface area is 124 Å². The van der Waals surface area contributed by atoms with Crippen LogP contribution in [0.2, 0.25) is 0 Å². The molecule has 0 aliphatic heterocycles. The van der Waals surface area contributed by atoms with Crippen molar-refractivity contribution in [2.75, 3.05) is 0 Å². The predicted molar refractivity (Wildman–Crippen MR) is 79.0 cm³/mol. The summed E-state index contributed by atoms with van der Waals surface area (Å²) in [6.45, 7) is 1.88. The van der Waals surface area contributed by atoms with E-state index in [0.29, 0.717) is 5.56 Å². The molecule has 3 rings (SSSR count). The Morgan fingerprint density at radius 2 is 1.90 bits per heavy atom. The molecule has 2 bridgehead atoms. The van der Waals surface area contributed by atoms with Crippen LogP contribution >= 0.6 is 0 Å². The van der Waals surface area contributed by atoms with Crippen LogP contribution in [0.15, 0.2) is 18.2 Å². The van der Waals surface area contributed by atoms with Gasteiger partial charge in [-0.2, -0.15) is 0 Å². The molecule has 4 nitrogen and oxygen atoms in total. The van der Waals surface area contributed by atoms with Gasteiger partial charge in [-0.1, -0.05) is 12.1 Å². The van der Waals surface area contributed by atoms with E-state index >= 15 is 0 Å². The molecule has 2 aliphatic carbocycles. The van der Waals surface area contributed by atoms with Crippen molar-refractivity contribution in [3.05, 3.63) is 34.9 Å². The molecule has 0 saturated heterocycles. The Morgan fingerprint density at radius 1 is 1.24 bits per heavy atom. The van der Waals surface area contributed by atoms with Gasteiger partial charge in [-0.3, -0.25) is 9.59 Å². The fourth-order valence-electron chi connectivity index (χ4n) is 4.34. The molecule has 1 amide bonds. The maximum atomic E-state index is 11.5. The molecule has 0 spiro atoms. The van der Waals surface area contributed by atoms with Crippen LogP contribution in [0.25, 0.3) is 0 Å². The molecule has 0 atom stereocenters. The number of carbonyl (C=O) groups excluding carboxylic acids is 1. The van der Waals surface area contributed by atoms with Crippen molar-refractivity contribution in [3.63, 3.8) is 0 Å². The lowest BCUT2D eigenvalue weighted by Crippen LogP contribution is -2.25. The Bertz CT molecular complexity index is 612. The van der Waals surface area contributed by atoms with E-state index in [4.69, 9.17) is 5.73 Å². The van der Waals surface area contributed by atoms with Gasteiger partial charge in [0.25, 0.3) is 0 Å². The highest BCUT2D eigenvalue weighted by Gasteiger charge is 2.57. The van der Waals surface area contributed by atoms with E-state index in [-0.39, 0.29) is 5.41 Å². The molecule has 0 radical (unpaired) electrons. The first-order valence-corrected chi connectivity index (χ1v) is 7.49. The number of carboxylic acids is 1. The van der Waals surface area contributed by atoms with Gasteiger partial charge >= 0.3 is 5.97 Å². The number of hydrogen-bond donors (Lipinski definition) is 2. The summed E-state index contributed by atoms with van der Waals surface area (Å²) < 4.78 is 0. The third-order valence-corrected chi connectivity index (χ3v) is 5.58. The standard InChI is InChI=1S/C17H21NO3/c1-11-2-3-12(8-13(11)14(18)19)9-16-4-6-17(10-16,7-5-16)15(20)21/h2-3,8H,4-7,9-10H2,1H3,(H2,18,19)(H,20,21). The fourth-order valence-corrected chi connectivity index (χ4v) is 4.34. The highest BCUT2D eigenvalue weighted by molar-refractivity contribution is 5.94. The fraction of sp³-hybridized carbons (Fsp3) is 0.529. The molecule has 0 unspecified atom stereocenters. The molecule has 21 heavy (non-hydrogen) atoms. The molecule has 2 aliphatic rings. The van der Waals surface area contributed by atoms with Gasteiger partial charge in [0.1, 0.15) is 0 Å². The highest BCUT2D eigenvalue weighted by Crippen LogP contribution is 2.62. The first-order chi connectivity index (χ1) is 9.86. The zero-order valence-electron chi connectivity index (χ0n) is 12.3. The number of benzene rings is 1. The number of primary amides is 1. The van der Waals surface area contributed by atoms with E-state index < -0.39 is 17.3 Å². The minimum Gasteiger partial charge on any atom is -0.481 e. The summed E-state index contributed by atoms with van der Waals surface area (Å²) in [4.78, 5) is 23.0. The third-order valence-electron chi connectivity index (χ3n) is 5.58. The summed E-state index contributed by atoms with van der Waals surface area (Å²) in [5.41, 5.74) is 7.58. The van der Waals surface area contributed by atoms with Gasteiger partial charge in [0.15, 0.2) is 0 Å². The number of hydrogen-bond acceptors (Lipinski definition) is 2. The molecule has 3 N–H and O–H groups in total. The normalized spacial score (nSPS) is 30.5. The molecular weight excluding hydrogens is 266 g/mol. The molecule has 0 heterocycles. The SMILES string of the molecule is Cc1ccc(CC23CCC(C(=O)O)(CC2)C3)cc1C(N)=O. The third kappa shape index (κ3) is 2.23. The second-order valence-electron chi connectivity index (χ2n) is 6.95. The van der Waals surface area contributed by atoms with Gasteiger partial charge in [-0.15, -0.1) is 0 Å². The van der Waals surface area contributed by atoms with Gasteiger partial charge < -0.3 is 10.8 Å². The Hall–Kier alpha value is -1.84. The van der Waals surface area contributed by atoms with Crippen molar-refractivity contribution >= 4 is 11.9 Å². The Morgan fingerprint density at radius 3 is 2.43 bits per heavy atom. The largest absolute Gasteiger partial charge is 0.481 e. The molecule has 1 aromatic rings. The van der Waals surface area contributed by atoms with Crippen LogP contribution in [0, 0.1) is 17.8 Å². The van der Waals surface area contributed by atoms with Crippen LogP contribution in [-0.4, -0.2) is 17.0 Å². The topological polar surface area (TPSA) is 80.4 Å². The molecule has 0 aromatic heterocycles. The van der Waals surface area contributed by atoms with E-state index in [1.54, 1.807) is 0 Å². The lowest BCUT2D eigenvalue weighted by Gasteiger charge is -2.27. The van der Waals surface area contributed by atoms with Gasteiger partial charge in [0.05, 0.1) is 5.41 Å². The van der Waals surface area contributed by atoms with Crippen LogP contribution in [0.4, 0.5) is 0 Å². The molecule has 2 saturated carbocycles. The van der Waals surface area contributed by atoms with Crippen molar-refractivity contribution in [1.29, 1.82) is 0 Å². The minimum atomic E-state index is -0.636. The van der Waals surface area contributed by atoms with E-state index in [2.05, 4.69) is 0 Å². The predicted octanol–water partition coefficient (Wildman–Crippen LogP) is 2.67. The number of carbonyl (C=O) groups is 2. The van der Waals surface area contributed by atoms with E-state index in [1.165, 1.54) is 0 Å².